The van der Waals surface area contributed by atoms with Crippen molar-refractivity contribution in [3.05, 3.63) is 35.1 Å². The molecule has 21 heavy (non-hydrogen) atoms. The third-order valence-electron chi connectivity index (χ3n) is 3.95. The molecule has 2 amide bonds. The van der Waals surface area contributed by atoms with Gasteiger partial charge in [-0.1, -0.05) is 25.5 Å². The van der Waals surface area contributed by atoms with Gasteiger partial charge in [0, 0.05) is 0 Å². The summed E-state index contributed by atoms with van der Waals surface area (Å²) in [6.07, 6.45) is 1.44. The Kier molecular flexibility index (Phi) is 4.60. The first-order valence-corrected chi connectivity index (χ1v) is 7.30. The molecule has 1 N–H and O–H groups in total. The van der Waals surface area contributed by atoms with E-state index < -0.39 is 6.04 Å². The van der Waals surface area contributed by atoms with Crippen molar-refractivity contribution in [1.29, 1.82) is 0 Å². The van der Waals surface area contributed by atoms with E-state index in [4.69, 9.17) is 0 Å². The van der Waals surface area contributed by atoms with Crippen LogP contribution in [0.15, 0.2) is 18.2 Å². The van der Waals surface area contributed by atoms with Crippen LogP contribution in [0.4, 0.5) is 4.39 Å². The van der Waals surface area contributed by atoms with Crippen LogP contribution in [0.2, 0.25) is 0 Å². The molecule has 2 rings (SSSR count). The number of aryl methyl sites for hydroxylation is 1. The molecule has 0 bridgehead atoms. The van der Waals surface area contributed by atoms with E-state index in [0.29, 0.717) is 17.5 Å². The monoisotopic (exact) mass is 292 g/mol. The summed E-state index contributed by atoms with van der Waals surface area (Å²) in [7, 11) is 0. The number of carbonyl (C=O) groups is 2. The highest BCUT2D eigenvalue weighted by Gasteiger charge is 2.35. The minimum absolute atomic E-state index is 0.0235. The van der Waals surface area contributed by atoms with Crippen LogP contribution in [0, 0.1) is 12.7 Å². The quantitative estimate of drug-likeness (QED) is 0.926. The fourth-order valence-corrected chi connectivity index (χ4v) is 2.60. The van der Waals surface area contributed by atoms with E-state index in [-0.39, 0.29) is 30.2 Å². The van der Waals surface area contributed by atoms with Crippen molar-refractivity contribution in [2.75, 3.05) is 6.54 Å². The summed E-state index contributed by atoms with van der Waals surface area (Å²) in [4.78, 5) is 25.8. The molecule has 0 radical (unpaired) electrons. The Bertz CT molecular complexity index is 559. The van der Waals surface area contributed by atoms with Crippen molar-refractivity contribution in [3.8, 4) is 0 Å². The highest BCUT2D eigenvalue weighted by molar-refractivity contribution is 5.95. The number of nitrogens with zero attached hydrogens (tertiary/aromatic N) is 1. The fraction of sp³-hybridized carbons (Fsp3) is 0.500. The van der Waals surface area contributed by atoms with Crippen LogP contribution < -0.4 is 5.32 Å². The maximum atomic E-state index is 13.7. The molecule has 114 valence electrons. The summed E-state index contributed by atoms with van der Waals surface area (Å²) in [5.74, 6) is -0.546. The summed E-state index contributed by atoms with van der Waals surface area (Å²) >= 11 is 0. The topological polar surface area (TPSA) is 49.4 Å². The molecule has 1 aliphatic heterocycles. The zero-order chi connectivity index (χ0) is 15.6. The molecule has 1 saturated heterocycles. The Morgan fingerprint density at radius 2 is 2.14 bits per heavy atom. The lowest BCUT2D eigenvalue weighted by atomic mass is 10.0. The Balaban J connectivity index is 2.23. The summed E-state index contributed by atoms with van der Waals surface area (Å²) in [6.45, 7) is 5.51. The van der Waals surface area contributed by atoms with Gasteiger partial charge in [0.15, 0.2) is 0 Å². The van der Waals surface area contributed by atoms with E-state index in [9.17, 15) is 14.0 Å². The van der Waals surface area contributed by atoms with E-state index in [1.54, 1.807) is 19.1 Å². The fourth-order valence-electron chi connectivity index (χ4n) is 2.60. The van der Waals surface area contributed by atoms with Crippen LogP contribution in [0.5, 0.6) is 0 Å². The molecule has 0 aliphatic carbocycles. The van der Waals surface area contributed by atoms with Crippen molar-refractivity contribution >= 4 is 11.8 Å². The second-order valence-corrected chi connectivity index (χ2v) is 5.56. The lowest BCUT2D eigenvalue weighted by Gasteiger charge is -2.36. The second kappa shape index (κ2) is 6.24. The predicted molar refractivity (Wildman–Crippen MR) is 78.1 cm³/mol. The maximum absolute atomic E-state index is 13.7. The number of rotatable bonds is 4. The van der Waals surface area contributed by atoms with Gasteiger partial charge in [-0.2, -0.15) is 0 Å². The van der Waals surface area contributed by atoms with Crippen LogP contribution in [0.1, 0.15) is 43.9 Å². The summed E-state index contributed by atoms with van der Waals surface area (Å²) in [5.41, 5.74) is 1.27. The average molecular weight is 292 g/mol. The zero-order valence-electron chi connectivity index (χ0n) is 12.6. The molecule has 4 nitrogen and oxygen atoms in total. The average Bonchev–Trinajstić information content (AvgIpc) is 2.45. The summed E-state index contributed by atoms with van der Waals surface area (Å²) in [6, 6.07) is 4.15. The van der Waals surface area contributed by atoms with Gasteiger partial charge in [0.2, 0.25) is 11.8 Å². The lowest BCUT2D eigenvalue weighted by molar-refractivity contribution is -0.146. The zero-order valence-corrected chi connectivity index (χ0v) is 12.6. The van der Waals surface area contributed by atoms with Gasteiger partial charge in [-0.05, 0) is 37.5 Å². The van der Waals surface area contributed by atoms with Crippen molar-refractivity contribution in [1.82, 2.24) is 10.2 Å². The number of carbonyl (C=O) groups excluding carboxylic acids is 2. The Morgan fingerprint density at radius 1 is 1.43 bits per heavy atom. The van der Waals surface area contributed by atoms with E-state index in [0.717, 1.165) is 6.42 Å². The number of amides is 2. The smallest absolute Gasteiger partial charge is 0.246 e. The Labute approximate surface area is 124 Å². The van der Waals surface area contributed by atoms with Crippen LogP contribution >= 0.6 is 0 Å². The molecule has 1 fully saturated rings. The van der Waals surface area contributed by atoms with Gasteiger partial charge in [-0.3, -0.25) is 9.59 Å². The molecule has 1 heterocycles. The van der Waals surface area contributed by atoms with Gasteiger partial charge in [-0.25, -0.2) is 4.39 Å². The SMILES string of the molecule is CCCC1NC(=O)CN(C(C)c2ccc(C)c(F)c2)C1=O. The molecule has 0 saturated carbocycles. The van der Waals surface area contributed by atoms with Gasteiger partial charge in [0.25, 0.3) is 0 Å². The lowest BCUT2D eigenvalue weighted by Crippen LogP contribution is -2.58. The van der Waals surface area contributed by atoms with Gasteiger partial charge >= 0.3 is 0 Å². The largest absolute Gasteiger partial charge is 0.343 e. The van der Waals surface area contributed by atoms with Gasteiger partial charge in [0.05, 0.1) is 6.04 Å². The molecular formula is C16H21FN2O2. The standard InChI is InChI=1S/C16H21FN2O2/c1-4-5-14-16(21)19(9-15(20)18-14)11(3)12-7-6-10(2)13(17)8-12/h6-8,11,14H,4-5,9H2,1-3H3,(H,18,20). The van der Waals surface area contributed by atoms with Crippen LogP contribution in [-0.2, 0) is 9.59 Å². The van der Waals surface area contributed by atoms with Crippen LogP contribution in [0.3, 0.4) is 0 Å². The van der Waals surface area contributed by atoms with Gasteiger partial charge in [-0.15, -0.1) is 0 Å². The number of benzene rings is 1. The number of halogens is 1. The molecular weight excluding hydrogens is 271 g/mol. The molecule has 1 aliphatic rings. The van der Waals surface area contributed by atoms with Crippen LogP contribution in [0.25, 0.3) is 0 Å². The summed E-state index contributed by atoms with van der Waals surface area (Å²) in [5, 5.41) is 2.72. The highest BCUT2D eigenvalue weighted by Crippen LogP contribution is 2.24. The molecule has 0 spiro atoms. The second-order valence-electron chi connectivity index (χ2n) is 5.56. The number of hydrogen-bond donors (Lipinski definition) is 1. The number of nitrogens with one attached hydrogen (secondary N) is 1. The molecule has 5 heteroatoms. The van der Waals surface area contributed by atoms with Crippen molar-refractivity contribution in [2.24, 2.45) is 0 Å². The normalized spacial score (nSPS) is 20.4. The van der Waals surface area contributed by atoms with Crippen molar-refractivity contribution < 1.29 is 14.0 Å². The number of hydrogen-bond acceptors (Lipinski definition) is 2. The molecule has 2 unspecified atom stereocenters. The van der Waals surface area contributed by atoms with E-state index in [2.05, 4.69) is 5.32 Å². The van der Waals surface area contributed by atoms with Gasteiger partial charge in [0.1, 0.15) is 18.4 Å². The van der Waals surface area contributed by atoms with Crippen LogP contribution in [-0.4, -0.2) is 29.3 Å². The molecule has 2 atom stereocenters. The Morgan fingerprint density at radius 3 is 2.76 bits per heavy atom. The molecule has 1 aromatic rings. The first-order chi connectivity index (χ1) is 9.93. The maximum Gasteiger partial charge on any atom is 0.246 e. The minimum atomic E-state index is -0.464. The third-order valence-corrected chi connectivity index (χ3v) is 3.95. The van der Waals surface area contributed by atoms with Crippen molar-refractivity contribution in [2.45, 2.75) is 45.7 Å². The van der Waals surface area contributed by atoms with E-state index in [1.165, 1.54) is 11.0 Å². The predicted octanol–water partition coefficient (Wildman–Crippen LogP) is 2.32. The minimum Gasteiger partial charge on any atom is -0.343 e. The van der Waals surface area contributed by atoms with Crippen molar-refractivity contribution in [3.63, 3.8) is 0 Å². The first-order valence-electron chi connectivity index (χ1n) is 7.30. The summed E-state index contributed by atoms with van der Waals surface area (Å²) < 4.78 is 13.7. The Hall–Kier alpha value is -1.91. The van der Waals surface area contributed by atoms with E-state index in [1.807, 2.05) is 13.8 Å². The highest BCUT2D eigenvalue weighted by atomic mass is 19.1. The van der Waals surface area contributed by atoms with Gasteiger partial charge < -0.3 is 10.2 Å². The first kappa shape index (κ1) is 15.5. The third kappa shape index (κ3) is 3.23. The molecule has 1 aromatic carbocycles. The molecule has 0 aromatic heterocycles. The van der Waals surface area contributed by atoms with E-state index >= 15 is 0 Å². The number of piperazine rings is 1.